The zero-order valence-corrected chi connectivity index (χ0v) is 21.4. The maximum atomic E-state index is 11.4. The van der Waals surface area contributed by atoms with Crippen LogP contribution in [-0.2, 0) is 22.7 Å². The van der Waals surface area contributed by atoms with Gasteiger partial charge in [-0.1, -0.05) is 66.7 Å². The molecule has 4 N–H and O–H groups in total. The van der Waals surface area contributed by atoms with E-state index in [1.54, 1.807) is 6.20 Å². The Bertz CT molecular complexity index is 1190. The van der Waals surface area contributed by atoms with E-state index in [2.05, 4.69) is 69.4 Å². The topological polar surface area (TPSA) is 92.2 Å². The molecule has 3 aromatic carbocycles. The predicted molar refractivity (Wildman–Crippen MR) is 142 cm³/mol. The van der Waals surface area contributed by atoms with E-state index in [0.717, 1.165) is 20.9 Å². The van der Waals surface area contributed by atoms with Gasteiger partial charge in [0.05, 0.1) is 6.54 Å². The van der Waals surface area contributed by atoms with Crippen LogP contribution in [0, 0.1) is 0 Å². The molecular formula is C25H29IN6O2. The number of nitrogens with zero attached hydrogens (tertiary/aromatic N) is 3. The third kappa shape index (κ3) is 6.17. The maximum Gasteiger partial charge on any atom is 0.300 e. The van der Waals surface area contributed by atoms with E-state index in [1.165, 1.54) is 16.3 Å². The van der Waals surface area contributed by atoms with Gasteiger partial charge in [0, 0.05) is 19.3 Å². The number of nitrogens with one attached hydrogen (secondary N) is 3. The molecule has 1 aliphatic heterocycles. The standard InChI is InChI=1S/C25H29IN6O2/c1-31(2)17-19-12-10-18(11-13-19)14-27-24-23(32(34)26-33)16-29-25(30-24)28-15-21-8-5-7-20-6-3-4-9-22(20)21/h3-13,16,24,27,34H,14-15,17H2,1-2H3,(H2,28,29,30). The Balaban J connectivity index is 1.46. The van der Waals surface area contributed by atoms with Crippen LogP contribution < -0.4 is 16.0 Å². The summed E-state index contributed by atoms with van der Waals surface area (Å²) in [4.78, 5) is 6.83. The predicted octanol–water partition coefficient (Wildman–Crippen LogP) is 3.83. The first-order chi connectivity index (χ1) is 16.5. The molecular weight excluding hydrogens is 543 g/mol. The molecule has 1 atom stereocenters. The average Bonchev–Trinajstić information content (AvgIpc) is 2.86. The van der Waals surface area contributed by atoms with Crippen molar-refractivity contribution >= 4 is 38.2 Å². The molecule has 1 heterocycles. The molecule has 0 bridgehead atoms. The number of hydrogen-bond donors (Lipinski definition) is 4. The molecule has 0 fully saturated rings. The molecule has 0 aliphatic carbocycles. The SMILES string of the molecule is CN(C)Cc1ccc(CNC2NC(=NCc3cccc4ccccc34)NC=C2N(O)I=O)cc1. The van der Waals surface area contributed by atoms with Crippen molar-refractivity contribution in [2.75, 3.05) is 14.1 Å². The number of fused-ring (bicyclic) bond motifs is 1. The van der Waals surface area contributed by atoms with Crippen LogP contribution >= 0.6 is 21.5 Å². The molecule has 8 nitrogen and oxygen atoms in total. The van der Waals surface area contributed by atoms with Crippen molar-refractivity contribution in [3.05, 3.63) is 95.3 Å². The summed E-state index contributed by atoms with van der Waals surface area (Å²) in [6.45, 7) is 1.95. The largest absolute Gasteiger partial charge is 0.335 e. The normalized spacial score (nSPS) is 16.9. The van der Waals surface area contributed by atoms with Gasteiger partial charge in [-0.15, -0.1) is 0 Å². The molecule has 178 valence electrons. The number of hydrogen-bond acceptors (Lipinski definition) is 5. The molecule has 4 rings (SSSR count). The summed E-state index contributed by atoms with van der Waals surface area (Å²) in [7, 11) is 4.09. The fourth-order valence-corrected chi connectivity index (χ4v) is 4.51. The highest BCUT2D eigenvalue weighted by molar-refractivity contribution is 14.1. The van der Waals surface area contributed by atoms with E-state index in [1.807, 2.05) is 32.3 Å². The van der Waals surface area contributed by atoms with Gasteiger partial charge in [0.25, 0.3) is 21.5 Å². The van der Waals surface area contributed by atoms with Gasteiger partial charge in [0.1, 0.15) is 11.9 Å². The molecule has 0 spiro atoms. The minimum absolute atomic E-state index is 0.451. The third-order valence-corrected chi connectivity index (χ3v) is 6.46. The zero-order valence-electron chi connectivity index (χ0n) is 19.2. The van der Waals surface area contributed by atoms with Gasteiger partial charge >= 0.3 is 0 Å². The summed E-state index contributed by atoms with van der Waals surface area (Å²) in [6.07, 6.45) is 1.18. The summed E-state index contributed by atoms with van der Waals surface area (Å²) >= 11 is -1.76. The molecule has 0 radical (unpaired) electrons. The Morgan fingerprint density at radius 2 is 1.76 bits per heavy atom. The Morgan fingerprint density at radius 1 is 1.03 bits per heavy atom. The highest BCUT2D eigenvalue weighted by Crippen LogP contribution is 2.20. The van der Waals surface area contributed by atoms with Crippen molar-refractivity contribution in [2.45, 2.75) is 25.8 Å². The number of guanidine groups is 1. The second-order valence-electron chi connectivity index (χ2n) is 8.36. The first-order valence-electron chi connectivity index (χ1n) is 11.0. The summed E-state index contributed by atoms with van der Waals surface area (Å²) in [5.41, 5.74) is 3.93. The smallest absolute Gasteiger partial charge is 0.300 e. The Labute approximate surface area is 210 Å². The fraction of sp³-hybridized carbons (Fsp3) is 0.240. The van der Waals surface area contributed by atoms with E-state index in [4.69, 9.17) is 4.99 Å². The van der Waals surface area contributed by atoms with Crippen molar-refractivity contribution < 1.29 is 8.28 Å². The van der Waals surface area contributed by atoms with Crippen LogP contribution in [0.1, 0.15) is 16.7 Å². The molecule has 1 unspecified atom stereocenters. The van der Waals surface area contributed by atoms with E-state index in [-0.39, 0.29) is 0 Å². The van der Waals surface area contributed by atoms with Crippen LogP contribution in [0.2, 0.25) is 0 Å². The molecule has 0 aromatic heterocycles. The molecule has 1 aliphatic rings. The van der Waals surface area contributed by atoms with Crippen molar-refractivity contribution in [2.24, 2.45) is 4.99 Å². The average molecular weight is 572 g/mol. The van der Waals surface area contributed by atoms with Gasteiger partial charge in [0.2, 0.25) is 0 Å². The number of hydroxylamine groups is 1. The first-order valence-corrected chi connectivity index (χ1v) is 12.8. The maximum absolute atomic E-state index is 11.4. The van der Waals surface area contributed by atoms with Crippen LogP contribution in [0.3, 0.4) is 0 Å². The van der Waals surface area contributed by atoms with Crippen molar-refractivity contribution in [3.8, 4) is 0 Å². The third-order valence-electron chi connectivity index (χ3n) is 5.53. The van der Waals surface area contributed by atoms with Crippen LogP contribution in [0.15, 0.2) is 83.6 Å². The van der Waals surface area contributed by atoms with Crippen LogP contribution in [0.5, 0.6) is 0 Å². The van der Waals surface area contributed by atoms with E-state index < -0.39 is 27.6 Å². The van der Waals surface area contributed by atoms with Crippen molar-refractivity contribution in [1.82, 2.24) is 24.1 Å². The van der Waals surface area contributed by atoms with E-state index in [9.17, 15) is 8.28 Å². The van der Waals surface area contributed by atoms with Crippen molar-refractivity contribution in [3.63, 3.8) is 0 Å². The molecule has 0 saturated heterocycles. The molecule has 9 heteroatoms. The van der Waals surface area contributed by atoms with Gasteiger partial charge in [0.15, 0.2) is 5.96 Å². The van der Waals surface area contributed by atoms with Crippen molar-refractivity contribution in [1.29, 1.82) is 0 Å². The highest BCUT2D eigenvalue weighted by atomic mass is 127. The van der Waals surface area contributed by atoms with Gasteiger partial charge in [-0.2, -0.15) is 3.28 Å². The summed E-state index contributed by atoms with van der Waals surface area (Å²) in [5, 5.41) is 22.2. The molecule has 3 aromatic rings. The van der Waals surface area contributed by atoms with Gasteiger partial charge in [-0.3, -0.25) is 10.5 Å². The molecule has 34 heavy (non-hydrogen) atoms. The molecule has 0 amide bonds. The minimum atomic E-state index is -1.76. The number of benzene rings is 3. The van der Waals surface area contributed by atoms with E-state index in [0.29, 0.717) is 24.7 Å². The van der Waals surface area contributed by atoms with Crippen LogP contribution in [0.25, 0.3) is 10.8 Å². The number of aliphatic imine (C=N–C) groups is 1. The lowest BCUT2D eigenvalue weighted by Crippen LogP contribution is -2.55. The van der Waals surface area contributed by atoms with Crippen LogP contribution in [-0.4, -0.2) is 39.6 Å². The lowest BCUT2D eigenvalue weighted by atomic mass is 10.1. The highest BCUT2D eigenvalue weighted by Gasteiger charge is 2.24. The Morgan fingerprint density at radius 3 is 2.53 bits per heavy atom. The lowest BCUT2D eigenvalue weighted by Gasteiger charge is -2.30. The Kier molecular flexibility index (Phi) is 8.22. The van der Waals surface area contributed by atoms with Gasteiger partial charge in [-0.05, 0) is 41.6 Å². The number of rotatable bonds is 9. The monoisotopic (exact) mass is 572 g/mol. The first kappa shape index (κ1) is 24.3. The second-order valence-corrected chi connectivity index (χ2v) is 9.67. The summed E-state index contributed by atoms with van der Waals surface area (Å²) in [6, 6.07) is 22.8. The lowest BCUT2D eigenvalue weighted by molar-refractivity contribution is 0.0638. The molecule has 0 saturated carbocycles. The quantitative estimate of drug-likeness (QED) is 0.176. The fourth-order valence-electron chi connectivity index (χ4n) is 3.87. The summed E-state index contributed by atoms with van der Waals surface area (Å²) < 4.78 is 12.2. The van der Waals surface area contributed by atoms with E-state index >= 15 is 0 Å². The summed E-state index contributed by atoms with van der Waals surface area (Å²) in [5.74, 6) is 0.577. The van der Waals surface area contributed by atoms with Crippen LogP contribution in [0.4, 0.5) is 0 Å². The van der Waals surface area contributed by atoms with Gasteiger partial charge in [-0.25, -0.2) is 8.06 Å². The minimum Gasteiger partial charge on any atom is -0.335 e. The Hall–Kier alpha value is -2.86. The number of halogens is 1. The van der Waals surface area contributed by atoms with Gasteiger partial charge < -0.3 is 15.5 Å². The zero-order chi connectivity index (χ0) is 23.9. The second kappa shape index (κ2) is 11.5.